The van der Waals surface area contributed by atoms with Crippen molar-refractivity contribution in [2.24, 2.45) is 0 Å². The number of carbonyl (C=O) groups is 1. The van der Waals surface area contributed by atoms with E-state index in [9.17, 15) is 4.79 Å². The number of amides is 1. The topological polar surface area (TPSA) is 66.9 Å². The van der Waals surface area contributed by atoms with E-state index < -0.39 is 0 Å². The minimum Gasteiger partial charge on any atom is -0.306 e. The van der Waals surface area contributed by atoms with E-state index in [2.05, 4.69) is 20.0 Å². The lowest BCUT2D eigenvalue weighted by Gasteiger charge is -2.07. The summed E-state index contributed by atoms with van der Waals surface area (Å²) < 4.78 is 4.24. The molecule has 1 atom stereocenters. The Bertz CT molecular complexity index is 531. The Balaban J connectivity index is 1.68. The summed E-state index contributed by atoms with van der Waals surface area (Å²) in [5, 5.41) is 10.5. The van der Waals surface area contributed by atoms with E-state index in [1.165, 1.54) is 11.5 Å². The first-order valence-electron chi connectivity index (χ1n) is 5.73. The summed E-state index contributed by atoms with van der Waals surface area (Å²) in [5.74, 6) is 0.663. The predicted molar refractivity (Wildman–Crippen MR) is 72.9 cm³/mol. The van der Waals surface area contributed by atoms with Gasteiger partial charge in [0.1, 0.15) is 0 Å². The Hall–Kier alpha value is -1.31. The monoisotopic (exact) mass is 280 g/mol. The fourth-order valence-electron chi connectivity index (χ4n) is 1.88. The van der Waals surface area contributed by atoms with Crippen LogP contribution in [0, 0.1) is 0 Å². The van der Waals surface area contributed by atoms with Crippen LogP contribution in [0.5, 0.6) is 0 Å². The SMILES string of the molecule is O=C(Nc1nc(-c2ccsc2)ns1)[C@H]1CCCN1. The third-order valence-electron chi connectivity index (χ3n) is 2.81. The van der Waals surface area contributed by atoms with Crippen LogP contribution in [0.15, 0.2) is 16.8 Å². The molecule has 0 spiro atoms. The van der Waals surface area contributed by atoms with Crippen molar-refractivity contribution in [2.45, 2.75) is 18.9 Å². The number of nitrogens with one attached hydrogen (secondary N) is 2. The Morgan fingerprint density at radius 3 is 3.22 bits per heavy atom. The van der Waals surface area contributed by atoms with E-state index >= 15 is 0 Å². The molecule has 1 saturated heterocycles. The molecule has 3 heterocycles. The molecule has 0 bridgehead atoms. The summed E-state index contributed by atoms with van der Waals surface area (Å²) in [6, 6.07) is 1.88. The highest BCUT2D eigenvalue weighted by Crippen LogP contribution is 2.23. The fourth-order valence-corrected chi connectivity index (χ4v) is 3.11. The Labute approximate surface area is 112 Å². The molecule has 94 valence electrons. The lowest BCUT2D eigenvalue weighted by Crippen LogP contribution is -2.35. The maximum Gasteiger partial charge on any atom is 0.243 e. The van der Waals surface area contributed by atoms with Gasteiger partial charge in [-0.3, -0.25) is 10.1 Å². The first kappa shape index (κ1) is 11.8. The molecule has 3 rings (SSSR count). The van der Waals surface area contributed by atoms with Gasteiger partial charge in [0.05, 0.1) is 6.04 Å². The molecule has 0 unspecified atom stereocenters. The van der Waals surface area contributed by atoms with Crippen molar-refractivity contribution >= 4 is 33.9 Å². The quantitative estimate of drug-likeness (QED) is 0.902. The average molecular weight is 280 g/mol. The van der Waals surface area contributed by atoms with Crippen LogP contribution in [-0.2, 0) is 4.79 Å². The predicted octanol–water partition coefficient (Wildman–Crippen LogP) is 1.96. The summed E-state index contributed by atoms with van der Waals surface area (Å²) in [5.41, 5.74) is 0.996. The summed E-state index contributed by atoms with van der Waals surface area (Å²) in [6.45, 7) is 0.911. The minimum absolute atomic E-state index is 0.0134. The molecule has 1 aliphatic heterocycles. The number of aromatic nitrogens is 2. The zero-order valence-electron chi connectivity index (χ0n) is 9.55. The summed E-state index contributed by atoms with van der Waals surface area (Å²) in [6.07, 6.45) is 1.94. The van der Waals surface area contributed by atoms with Crippen LogP contribution in [0.1, 0.15) is 12.8 Å². The molecule has 0 aliphatic carbocycles. The maximum atomic E-state index is 11.9. The van der Waals surface area contributed by atoms with E-state index in [1.54, 1.807) is 11.3 Å². The van der Waals surface area contributed by atoms with Crippen molar-refractivity contribution in [3.8, 4) is 11.4 Å². The van der Waals surface area contributed by atoms with Crippen LogP contribution >= 0.6 is 22.9 Å². The van der Waals surface area contributed by atoms with Crippen LogP contribution in [-0.4, -0.2) is 27.9 Å². The van der Waals surface area contributed by atoms with Crippen molar-refractivity contribution in [2.75, 3.05) is 11.9 Å². The molecule has 1 amide bonds. The van der Waals surface area contributed by atoms with Gasteiger partial charge in [0, 0.05) is 22.5 Å². The van der Waals surface area contributed by atoms with Crippen LogP contribution in [0.2, 0.25) is 0 Å². The molecule has 0 radical (unpaired) electrons. The van der Waals surface area contributed by atoms with Gasteiger partial charge in [-0.15, -0.1) is 0 Å². The van der Waals surface area contributed by atoms with E-state index in [1.807, 2.05) is 16.8 Å². The van der Waals surface area contributed by atoms with Crippen LogP contribution in [0.3, 0.4) is 0 Å². The molecule has 1 aliphatic rings. The molecule has 2 aromatic heterocycles. The number of nitrogens with zero attached hydrogens (tertiary/aromatic N) is 2. The van der Waals surface area contributed by atoms with Gasteiger partial charge >= 0.3 is 0 Å². The molecule has 2 aromatic rings. The molecule has 0 aromatic carbocycles. The number of carbonyl (C=O) groups excluding carboxylic acids is 1. The number of rotatable bonds is 3. The number of thiophene rings is 1. The summed E-state index contributed by atoms with van der Waals surface area (Å²) in [4.78, 5) is 16.2. The van der Waals surface area contributed by atoms with Gasteiger partial charge in [0.2, 0.25) is 11.0 Å². The fraction of sp³-hybridized carbons (Fsp3) is 0.364. The van der Waals surface area contributed by atoms with Crippen molar-refractivity contribution < 1.29 is 4.79 Å². The molecular formula is C11H12N4OS2. The van der Waals surface area contributed by atoms with Gasteiger partial charge in [-0.25, -0.2) is 0 Å². The zero-order chi connectivity index (χ0) is 12.4. The number of anilines is 1. The highest BCUT2D eigenvalue weighted by atomic mass is 32.1. The highest BCUT2D eigenvalue weighted by molar-refractivity contribution is 7.10. The van der Waals surface area contributed by atoms with Crippen molar-refractivity contribution in [3.63, 3.8) is 0 Å². The number of hydrogen-bond donors (Lipinski definition) is 2. The number of hydrogen-bond acceptors (Lipinski definition) is 6. The van der Waals surface area contributed by atoms with Gasteiger partial charge < -0.3 is 5.32 Å². The maximum absolute atomic E-state index is 11.9. The van der Waals surface area contributed by atoms with Crippen molar-refractivity contribution in [1.82, 2.24) is 14.7 Å². The van der Waals surface area contributed by atoms with Gasteiger partial charge in [-0.05, 0) is 30.8 Å². The second-order valence-corrected chi connectivity index (χ2v) is 5.61. The van der Waals surface area contributed by atoms with Crippen LogP contribution in [0.25, 0.3) is 11.4 Å². The Morgan fingerprint density at radius 2 is 2.50 bits per heavy atom. The zero-order valence-corrected chi connectivity index (χ0v) is 11.2. The Kier molecular flexibility index (Phi) is 3.35. The van der Waals surface area contributed by atoms with Gasteiger partial charge in [-0.1, -0.05) is 0 Å². The lowest BCUT2D eigenvalue weighted by atomic mass is 10.2. The molecule has 1 fully saturated rings. The highest BCUT2D eigenvalue weighted by Gasteiger charge is 2.22. The molecular weight excluding hydrogens is 268 g/mol. The molecule has 0 saturated carbocycles. The molecule has 5 nitrogen and oxygen atoms in total. The van der Waals surface area contributed by atoms with E-state index in [0.717, 1.165) is 24.9 Å². The standard InChI is InChI=1S/C11H12N4OS2/c16-10(8-2-1-4-12-8)14-11-13-9(15-18-11)7-3-5-17-6-7/h3,5-6,8,12H,1-2,4H2,(H,13,14,15,16)/t8-/m1/s1. The Morgan fingerprint density at radius 1 is 1.56 bits per heavy atom. The second kappa shape index (κ2) is 5.13. The molecule has 7 heteroatoms. The summed E-state index contributed by atoms with van der Waals surface area (Å²) >= 11 is 2.82. The van der Waals surface area contributed by atoms with Crippen LogP contribution < -0.4 is 10.6 Å². The largest absolute Gasteiger partial charge is 0.306 e. The molecule has 2 N–H and O–H groups in total. The normalized spacial score (nSPS) is 19.0. The van der Waals surface area contributed by atoms with E-state index in [-0.39, 0.29) is 11.9 Å². The van der Waals surface area contributed by atoms with Crippen molar-refractivity contribution in [1.29, 1.82) is 0 Å². The average Bonchev–Trinajstić information content (AvgIpc) is 3.12. The van der Waals surface area contributed by atoms with Gasteiger partial charge in [-0.2, -0.15) is 20.7 Å². The van der Waals surface area contributed by atoms with Crippen LogP contribution in [0.4, 0.5) is 5.13 Å². The van der Waals surface area contributed by atoms with E-state index in [4.69, 9.17) is 0 Å². The van der Waals surface area contributed by atoms with Gasteiger partial charge in [0.15, 0.2) is 5.82 Å². The first-order chi connectivity index (χ1) is 8.83. The first-order valence-corrected chi connectivity index (χ1v) is 7.45. The third kappa shape index (κ3) is 2.43. The van der Waals surface area contributed by atoms with Gasteiger partial charge in [0.25, 0.3) is 0 Å². The van der Waals surface area contributed by atoms with Crippen molar-refractivity contribution in [3.05, 3.63) is 16.8 Å². The smallest absolute Gasteiger partial charge is 0.243 e. The van der Waals surface area contributed by atoms with E-state index in [0.29, 0.717) is 11.0 Å². The minimum atomic E-state index is -0.0847. The summed E-state index contributed by atoms with van der Waals surface area (Å²) in [7, 11) is 0. The molecule has 18 heavy (non-hydrogen) atoms. The third-order valence-corrected chi connectivity index (χ3v) is 4.13. The second-order valence-electron chi connectivity index (χ2n) is 4.07. The lowest BCUT2D eigenvalue weighted by molar-refractivity contribution is -0.117.